The second-order valence-electron chi connectivity index (χ2n) is 6.14. The molecule has 0 aliphatic carbocycles. The van der Waals surface area contributed by atoms with E-state index in [-0.39, 0.29) is 11.5 Å². The smallest absolute Gasteiger partial charge is 0.269 e. The number of aromatic nitrogens is 1. The Bertz CT molecular complexity index is 1090. The fourth-order valence-corrected chi connectivity index (χ4v) is 2.71. The van der Waals surface area contributed by atoms with Gasteiger partial charge in [-0.3, -0.25) is 14.9 Å². The Balaban J connectivity index is 1.79. The number of non-ortho nitro benzene ring substituents is 1. The minimum Gasteiger partial charge on any atom is -0.493 e. The molecule has 0 amide bonds. The Labute approximate surface area is 172 Å². The molecule has 0 saturated carbocycles. The SMILES string of the molecule is COc1ccc(C(=O)/C=C/c2cccnc2Nc2ccc([N+](=O)[O-])cc2)cc1OC. The molecular weight excluding hydrogens is 386 g/mol. The number of ether oxygens (including phenoxy) is 2. The van der Waals surface area contributed by atoms with Crippen LogP contribution in [0, 0.1) is 10.1 Å². The Morgan fingerprint density at radius 2 is 1.80 bits per heavy atom. The summed E-state index contributed by atoms with van der Waals surface area (Å²) in [6.45, 7) is 0. The lowest BCUT2D eigenvalue weighted by Gasteiger charge is -2.09. The van der Waals surface area contributed by atoms with Crippen molar-refractivity contribution in [2.24, 2.45) is 0 Å². The van der Waals surface area contributed by atoms with Crippen LogP contribution in [0.2, 0.25) is 0 Å². The third-order valence-corrected chi connectivity index (χ3v) is 4.26. The highest BCUT2D eigenvalue weighted by molar-refractivity contribution is 6.07. The third kappa shape index (κ3) is 4.79. The van der Waals surface area contributed by atoms with Gasteiger partial charge in [0.2, 0.25) is 0 Å². The van der Waals surface area contributed by atoms with E-state index in [0.717, 1.165) is 0 Å². The minimum absolute atomic E-state index is 0.00204. The van der Waals surface area contributed by atoms with Crippen LogP contribution < -0.4 is 14.8 Å². The van der Waals surface area contributed by atoms with Gasteiger partial charge in [0.05, 0.1) is 19.1 Å². The van der Waals surface area contributed by atoms with Gasteiger partial charge in [0.25, 0.3) is 5.69 Å². The molecular formula is C22H19N3O5. The van der Waals surface area contributed by atoms with Crippen molar-refractivity contribution >= 4 is 29.1 Å². The van der Waals surface area contributed by atoms with Gasteiger partial charge in [-0.1, -0.05) is 0 Å². The first-order valence-electron chi connectivity index (χ1n) is 8.92. The Kier molecular flexibility index (Phi) is 6.39. The summed E-state index contributed by atoms with van der Waals surface area (Å²) in [4.78, 5) is 27.2. The highest BCUT2D eigenvalue weighted by atomic mass is 16.6. The molecule has 0 unspecified atom stereocenters. The number of nitro groups is 1. The summed E-state index contributed by atoms with van der Waals surface area (Å²) in [6.07, 6.45) is 4.71. The molecule has 152 valence electrons. The molecule has 3 rings (SSSR count). The number of hydrogen-bond donors (Lipinski definition) is 1. The lowest BCUT2D eigenvalue weighted by Crippen LogP contribution is -1.99. The Morgan fingerprint density at radius 1 is 1.07 bits per heavy atom. The number of nitrogens with zero attached hydrogens (tertiary/aromatic N) is 2. The molecule has 0 spiro atoms. The summed E-state index contributed by atoms with van der Waals surface area (Å²) < 4.78 is 10.4. The lowest BCUT2D eigenvalue weighted by atomic mass is 10.1. The molecule has 8 nitrogen and oxygen atoms in total. The normalized spacial score (nSPS) is 10.6. The number of rotatable bonds is 8. The Morgan fingerprint density at radius 3 is 2.47 bits per heavy atom. The van der Waals surface area contributed by atoms with Crippen LogP contribution in [0.4, 0.5) is 17.2 Å². The van der Waals surface area contributed by atoms with E-state index in [1.807, 2.05) is 0 Å². The van der Waals surface area contributed by atoms with Gasteiger partial charge < -0.3 is 14.8 Å². The van der Waals surface area contributed by atoms with Crippen LogP contribution in [0.3, 0.4) is 0 Å². The van der Waals surface area contributed by atoms with E-state index in [2.05, 4.69) is 10.3 Å². The number of carbonyl (C=O) groups excluding carboxylic acids is 1. The van der Waals surface area contributed by atoms with Gasteiger partial charge in [0, 0.05) is 35.1 Å². The fraction of sp³-hybridized carbons (Fsp3) is 0.0909. The second kappa shape index (κ2) is 9.33. The molecule has 0 aliphatic rings. The predicted molar refractivity (Wildman–Crippen MR) is 114 cm³/mol. The molecule has 0 atom stereocenters. The average Bonchev–Trinajstić information content (AvgIpc) is 2.78. The van der Waals surface area contributed by atoms with Crippen molar-refractivity contribution < 1.29 is 19.2 Å². The number of methoxy groups -OCH3 is 2. The summed E-state index contributed by atoms with van der Waals surface area (Å²) >= 11 is 0. The summed E-state index contributed by atoms with van der Waals surface area (Å²) in [5, 5.41) is 13.9. The third-order valence-electron chi connectivity index (χ3n) is 4.26. The zero-order valence-corrected chi connectivity index (χ0v) is 16.4. The van der Waals surface area contributed by atoms with Crippen LogP contribution in [0.25, 0.3) is 6.08 Å². The summed E-state index contributed by atoms with van der Waals surface area (Å²) in [7, 11) is 3.04. The largest absolute Gasteiger partial charge is 0.493 e. The predicted octanol–water partition coefficient (Wildman–Crippen LogP) is 4.65. The molecule has 1 heterocycles. The van der Waals surface area contributed by atoms with Crippen LogP contribution in [-0.2, 0) is 0 Å². The van der Waals surface area contributed by atoms with Gasteiger partial charge in [0.15, 0.2) is 17.3 Å². The minimum atomic E-state index is -0.460. The summed E-state index contributed by atoms with van der Waals surface area (Å²) in [5.74, 6) is 1.32. The Hall–Kier alpha value is -4.20. The number of hydrogen-bond acceptors (Lipinski definition) is 7. The van der Waals surface area contributed by atoms with Crippen LogP contribution in [0.1, 0.15) is 15.9 Å². The molecule has 2 aromatic carbocycles. The van der Waals surface area contributed by atoms with Gasteiger partial charge in [-0.25, -0.2) is 4.98 Å². The van der Waals surface area contributed by atoms with E-state index in [1.165, 1.54) is 32.4 Å². The van der Waals surface area contributed by atoms with Crippen molar-refractivity contribution in [2.45, 2.75) is 0 Å². The standard InChI is InChI=1S/C22H19N3O5/c1-29-20-12-6-16(14-21(20)30-2)19(26)11-5-15-4-3-13-23-22(15)24-17-7-9-18(10-8-17)25(27)28/h3-14H,1-2H3,(H,23,24)/b11-5+. The van der Waals surface area contributed by atoms with Gasteiger partial charge in [-0.2, -0.15) is 0 Å². The van der Waals surface area contributed by atoms with E-state index < -0.39 is 4.92 Å². The maximum absolute atomic E-state index is 12.6. The highest BCUT2D eigenvalue weighted by Gasteiger charge is 2.10. The number of nitrogens with one attached hydrogen (secondary N) is 1. The van der Waals surface area contributed by atoms with Crippen molar-refractivity contribution in [1.82, 2.24) is 4.98 Å². The second-order valence-corrected chi connectivity index (χ2v) is 6.14. The van der Waals surface area contributed by atoms with Gasteiger partial charge in [0.1, 0.15) is 5.82 Å². The van der Waals surface area contributed by atoms with Crippen molar-refractivity contribution in [3.63, 3.8) is 0 Å². The highest BCUT2D eigenvalue weighted by Crippen LogP contribution is 2.28. The molecule has 0 fully saturated rings. The van der Waals surface area contributed by atoms with Crippen molar-refractivity contribution in [3.05, 3.63) is 88.1 Å². The summed E-state index contributed by atoms with van der Waals surface area (Å²) in [6, 6.07) is 14.5. The maximum atomic E-state index is 12.6. The van der Waals surface area contributed by atoms with Crippen LogP contribution >= 0.6 is 0 Å². The van der Waals surface area contributed by atoms with Gasteiger partial charge in [-0.15, -0.1) is 0 Å². The molecule has 8 heteroatoms. The van der Waals surface area contributed by atoms with E-state index >= 15 is 0 Å². The van der Waals surface area contributed by atoms with Crippen LogP contribution in [-0.4, -0.2) is 29.9 Å². The molecule has 30 heavy (non-hydrogen) atoms. The van der Waals surface area contributed by atoms with E-state index in [0.29, 0.717) is 34.1 Å². The van der Waals surface area contributed by atoms with Crippen LogP contribution in [0.5, 0.6) is 11.5 Å². The van der Waals surface area contributed by atoms with E-state index in [1.54, 1.807) is 54.7 Å². The first-order valence-corrected chi connectivity index (χ1v) is 8.92. The quantitative estimate of drug-likeness (QED) is 0.252. The number of carbonyl (C=O) groups is 1. The number of anilines is 2. The monoisotopic (exact) mass is 405 g/mol. The molecule has 3 aromatic rings. The first kappa shape index (κ1) is 20.5. The lowest BCUT2D eigenvalue weighted by molar-refractivity contribution is -0.384. The van der Waals surface area contributed by atoms with Crippen LogP contribution in [0.15, 0.2) is 66.9 Å². The zero-order chi connectivity index (χ0) is 21.5. The van der Waals surface area contributed by atoms with Crippen molar-refractivity contribution in [2.75, 3.05) is 19.5 Å². The topological polar surface area (TPSA) is 104 Å². The molecule has 0 saturated heterocycles. The maximum Gasteiger partial charge on any atom is 0.269 e. The summed E-state index contributed by atoms with van der Waals surface area (Å²) in [5.41, 5.74) is 1.78. The number of allylic oxidation sites excluding steroid dienone is 1. The number of nitro benzene ring substituents is 1. The van der Waals surface area contributed by atoms with Crippen molar-refractivity contribution in [3.8, 4) is 11.5 Å². The zero-order valence-electron chi connectivity index (χ0n) is 16.4. The van der Waals surface area contributed by atoms with Crippen molar-refractivity contribution in [1.29, 1.82) is 0 Å². The molecule has 1 N–H and O–H groups in total. The average molecular weight is 405 g/mol. The van der Waals surface area contributed by atoms with Gasteiger partial charge in [-0.05, 0) is 54.6 Å². The molecule has 1 aromatic heterocycles. The van der Waals surface area contributed by atoms with E-state index in [9.17, 15) is 14.9 Å². The number of pyridine rings is 1. The number of ketones is 1. The van der Waals surface area contributed by atoms with E-state index in [4.69, 9.17) is 9.47 Å². The molecule has 0 bridgehead atoms. The number of benzene rings is 2. The fourth-order valence-electron chi connectivity index (χ4n) is 2.71. The molecule has 0 radical (unpaired) electrons. The van der Waals surface area contributed by atoms with Gasteiger partial charge >= 0.3 is 0 Å². The first-order chi connectivity index (χ1) is 14.5. The molecule has 0 aliphatic heterocycles.